The van der Waals surface area contributed by atoms with Crippen molar-refractivity contribution >= 4 is 0 Å². The Bertz CT molecular complexity index is 257. The minimum Gasteiger partial charge on any atom is -0.352 e. The van der Waals surface area contributed by atoms with Gasteiger partial charge >= 0.3 is 0 Å². The fourth-order valence-electron chi connectivity index (χ4n) is 1.55. The Morgan fingerprint density at radius 2 is 0.875 bits per heavy atom. The minimum absolute atomic E-state index is 0.336. The van der Waals surface area contributed by atoms with E-state index in [4.69, 9.17) is 18.9 Å². The molecule has 1 rings (SSSR count). The number of ether oxygens (including phenoxy) is 4. The Morgan fingerprint density at radius 1 is 0.625 bits per heavy atom. The highest BCUT2D eigenvalue weighted by Gasteiger charge is 2.11. The molecule has 0 fully saturated rings. The minimum atomic E-state index is -0.336. The molecule has 0 unspecified atom stereocenters. The van der Waals surface area contributed by atoms with E-state index in [0.717, 1.165) is 11.1 Å². The lowest BCUT2D eigenvalue weighted by Gasteiger charge is -2.16. The second kappa shape index (κ2) is 6.60. The van der Waals surface area contributed by atoms with Gasteiger partial charge in [-0.1, -0.05) is 24.3 Å². The van der Waals surface area contributed by atoms with Crippen molar-refractivity contribution in [2.24, 2.45) is 0 Å². The van der Waals surface area contributed by atoms with Crippen molar-refractivity contribution in [2.45, 2.75) is 12.6 Å². The average molecular weight is 226 g/mol. The van der Waals surface area contributed by atoms with Crippen molar-refractivity contribution in [1.29, 1.82) is 0 Å². The molecule has 16 heavy (non-hydrogen) atoms. The van der Waals surface area contributed by atoms with Crippen LogP contribution in [0.3, 0.4) is 0 Å². The Morgan fingerprint density at radius 3 is 1.06 bits per heavy atom. The van der Waals surface area contributed by atoms with Crippen LogP contribution >= 0.6 is 0 Å². The molecule has 1 aromatic rings. The van der Waals surface area contributed by atoms with Gasteiger partial charge in [-0.2, -0.15) is 0 Å². The summed E-state index contributed by atoms with van der Waals surface area (Å²) in [6.45, 7) is 0. The van der Waals surface area contributed by atoms with Crippen LogP contribution in [0, 0.1) is 0 Å². The van der Waals surface area contributed by atoms with Crippen molar-refractivity contribution in [2.75, 3.05) is 28.4 Å². The van der Waals surface area contributed by atoms with Gasteiger partial charge in [-0.25, -0.2) is 0 Å². The van der Waals surface area contributed by atoms with E-state index < -0.39 is 0 Å². The molecule has 0 radical (unpaired) electrons. The van der Waals surface area contributed by atoms with E-state index in [1.165, 1.54) is 0 Å². The number of hydrogen-bond acceptors (Lipinski definition) is 4. The third kappa shape index (κ3) is 3.02. The zero-order valence-electron chi connectivity index (χ0n) is 10.1. The molecule has 0 bridgehead atoms. The molecule has 1 aromatic carbocycles. The van der Waals surface area contributed by atoms with E-state index in [1.807, 2.05) is 24.3 Å². The van der Waals surface area contributed by atoms with E-state index >= 15 is 0 Å². The highest BCUT2D eigenvalue weighted by Crippen LogP contribution is 2.22. The standard InChI is InChI=1S/C12H18O4/c1-13-11(14-2)9-5-7-10(8-6-9)12(15-3)16-4/h5-8,11-12H,1-4H3. The van der Waals surface area contributed by atoms with Crippen LogP contribution in [0.5, 0.6) is 0 Å². The molecule has 4 heteroatoms. The summed E-state index contributed by atoms with van der Waals surface area (Å²) in [5.74, 6) is 0. The van der Waals surface area contributed by atoms with E-state index in [0.29, 0.717) is 0 Å². The van der Waals surface area contributed by atoms with Gasteiger partial charge in [0.15, 0.2) is 12.6 Å². The fraction of sp³-hybridized carbons (Fsp3) is 0.500. The largest absolute Gasteiger partial charge is 0.352 e. The van der Waals surface area contributed by atoms with Crippen LogP contribution in [0.2, 0.25) is 0 Å². The van der Waals surface area contributed by atoms with Gasteiger partial charge in [0.05, 0.1) is 0 Å². The van der Waals surface area contributed by atoms with E-state index in [2.05, 4.69) is 0 Å². The molecule has 0 aliphatic carbocycles. The molecule has 0 saturated carbocycles. The van der Waals surface area contributed by atoms with Gasteiger partial charge in [0.2, 0.25) is 0 Å². The normalized spacial score (nSPS) is 11.4. The van der Waals surface area contributed by atoms with Crippen LogP contribution in [0.4, 0.5) is 0 Å². The summed E-state index contributed by atoms with van der Waals surface area (Å²) in [5, 5.41) is 0. The predicted molar refractivity (Wildman–Crippen MR) is 60.0 cm³/mol. The van der Waals surface area contributed by atoms with Crippen LogP contribution < -0.4 is 0 Å². The maximum Gasteiger partial charge on any atom is 0.183 e. The van der Waals surface area contributed by atoms with Crippen LogP contribution in [0.25, 0.3) is 0 Å². The van der Waals surface area contributed by atoms with Gasteiger partial charge in [-0.15, -0.1) is 0 Å². The molecule has 0 atom stereocenters. The summed E-state index contributed by atoms with van der Waals surface area (Å²) in [6.07, 6.45) is -0.671. The third-order valence-corrected chi connectivity index (χ3v) is 2.34. The lowest BCUT2D eigenvalue weighted by molar-refractivity contribution is -0.108. The summed E-state index contributed by atoms with van der Waals surface area (Å²) in [7, 11) is 6.43. The van der Waals surface area contributed by atoms with E-state index in [1.54, 1.807) is 28.4 Å². The molecular formula is C12H18O4. The van der Waals surface area contributed by atoms with Gasteiger partial charge in [-0.05, 0) is 0 Å². The Balaban J connectivity index is 2.81. The lowest BCUT2D eigenvalue weighted by atomic mass is 10.1. The number of rotatable bonds is 6. The highest BCUT2D eigenvalue weighted by molar-refractivity contribution is 5.24. The fourth-order valence-corrected chi connectivity index (χ4v) is 1.55. The molecular weight excluding hydrogens is 208 g/mol. The van der Waals surface area contributed by atoms with Crippen molar-refractivity contribution in [3.8, 4) is 0 Å². The van der Waals surface area contributed by atoms with Gasteiger partial charge < -0.3 is 18.9 Å². The summed E-state index contributed by atoms with van der Waals surface area (Å²) >= 11 is 0. The molecule has 4 nitrogen and oxygen atoms in total. The second-order valence-corrected chi connectivity index (χ2v) is 3.27. The zero-order valence-corrected chi connectivity index (χ0v) is 10.1. The predicted octanol–water partition coefficient (Wildman–Crippen LogP) is 2.27. The lowest BCUT2D eigenvalue weighted by Crippen LogP contribution is -2.06. The summed E-state index contributed by atoms with van der Waals surface area (Å²) in [6, 6.07) is 7.71. The van der Waals surface area contributed by atoms with Crippen LogP contribution in [0.15, 0.2) is 24.3 Å². The first-order chi connectivity index (χ1) is 7.76. The number of hydrogen-bond donors (Lipinski definition) is 0. The van der Waals surface area contributed by atoms with Crippen LogP contribution in [-0.2, 0) is 18.9 Å². The number of methoxy groups -OCH3 is 4. The highest BCUT2D eigenvalue weighted by atomic mass is 16.7. The third-order valence-electron chi connectivity index (χ3n) is 2.34. The van der Waals surface area contributed by atoms with Crippen molar-refractivity contribution in [3.63, 3.8) is 0 Å². The first kappa shape index (κ1) is 13.1. The van der Waals surface area contributed by atoms with Crippen molar-refractivity contribution in [3.05, 3.63) is 35.4 Å². The van der Waals surface area contributed by atoms with Gasteiger partial charge in [-0.3, -0.25) is 0 Å². The maximum atomic E-state index is 5.15. The topological polar surface area (TPSA) is 36.9 Å². The molecule has 0 spiro atoms. The smallest absolute Gasteiger partial charge is 0.183 e. The molecule has 0 heterocycles. The summed E-state index contributed by atoms with van der Waals surface area (Å²) in [4.78, 5) is 0. The number of benzene rings is 1. The Labute approximate surface area is 96.1 Å². The van der Waals surface area contributed by atoms with Gasteiger partial charge in [0.25, 0.3) is 0 Å². The van der Waals surface area contributed by atoms with E-state index in [9.17, 15) is 0 Å². The Kier molecular flexibility index (Phi) is 5.42. The molecule has 90 valence electrons. The summed E-state index contributed by atoms with van der Waals surface area (Å²) < 4.78 is 20.6. The molecule has 0 aromatic heterocycles. The first-order valence-corrected chi connectivity index (χ1v) is 4.97. The van der Waals surface area contributed by atoms with Crippen molar-refractivity contribution < 1.29 is 18.9 Å². The van der Waals surface area contributed by atoms with E-state index in [-0.39, 0.29) is 12.6 Å². The summed E-state index contributed by atoms with van der Waals surface area (Å²) in [5.41, 5.74) is 1.92. The zero-order chi connectivity index (χ0) is 12.0. The van der Waals surface area contributed by atoms with Gasteiger partial charge in [0.1, 0.15) is 0 Å². The molecule has 0 saturated heterocycles. The molecule has 0 N–H and O–H groups in total. The van der Waals surface area contributed by atoms with Crippen molar-refractivity contribution in [1.82, 2.24) is 0 Å². The monoisotopic (exact) mass is 226 g/mol. The quantitative estimate of drug-likeness (QED) is 0.697. The SMILES string of the molecule is COC(OC)c1ccc(C(OC)OC)cc1. The molecule has 0 aliphatic heterocycles. The van der Waals surface area contributed by atoms with Crippen LogP contribution in [-0.4, -0.2) is 28.4 Å². The first-order valence-electron chi connectivity index (χ1n) is 4.97. The van der Waals surface area contributed by atoms with Crippen LogP contribution in [0.1, 0.15) is 23.7 Å². The van der Waals surface area contributed by atoms with Gasteiger partial charge in [0, 0.05) is 39.6 Å². The maximum absolute atomic E-state index is 5.15. The molecule has 0 amide bonds. The average Bonchev–Trinajstić information content (AvgIpc) is 2.34. The second-order valence-electron chi connectivity index (χ2n) is 3.27. The molecule has 0 aliphatic rings. The Hall–Kier alpha value is -0.940.